The zero-order valence-electron chi connectivity index (χ0n) is 10.0. The molecular formula is C14H19N. The lowest BCUT2D eigenvalue weighted by atomic mass is 10.1. The maximum absolute atomic E-state index is 2.38. The van der Waals surface area contributed by atoms with Crippen molar-refractivity contribution in [1.29, 1.82) is 0 Å². The average molecular weight is 201 g/mol. The first-order valence-electron chi connectivity index (χ1n) is 5.63. The molecule has 80 valence electrons. The second-order valence-corrected chi connectivity index (χ2v) is 5.07. The average Bonchev–Trinajstić information content (AvgIpc) is 2.55. The Kier molecular flexibility index (Phi) is 2.34. The number of aryl methyl sites for hydroxylation is 1. The van der Waals surface area contributed by atoms with Crippen LogP contribution in [0.2, 0.25) is 0 Å². The van der Waals surface area contributed by atoms with Gasteiger partial charge in [0.15, 0.2) is 0 Å². The van der Waals surface area contributed by atoms with Crippen LogP contribution in [-0.4, -0.2) is 4.57 Å². The summed E-state index contributed by atoms with van der Waals surface area (Å²) >= 11 is 0. The number of aromatic nitrogens is 1. The first-order valence-corrected chi connectivity index (χ1v) is 5.63. The van der Waals surface area contributed by atoms with Crippen molar-refractivity contribution in [3.63, 3.8) is 0 Å². The highest BCUT2D eigenvalue weighted by Crippen LogP contribution is 2.27. The van der Waals surface area contributed by atoms with Gasteiger partial charge in [-0.05, 0) is 38.8 Å². The second kappa shape index (κ2) is 3.41. The van der Waals surface area contributed by atoms with Gasteiger partial charge in [0.2, 0.25) is 0 Å². The zero-order chi connectivity index (χ0) is 11.1. The third-order valence-corrected chi connectivity index (χ3v) is 2.90. The molecule has 2 aromatic rings. The Balaban J connectivity index is 2.76. The fraction of sp³-hybridized carbons (Fsp3) is 0.429. The molecule has 2 rings (SSSR count). The Labute approximate surface area is 91.7 Å². The molecule has 0 unspecified atom stereocenters. The Morgan fingerprint density at radius 3 is 2.40 bits per heavy atom. The number of fused-ring (bicyclic) bond motifs is 1. The maximum Gasteiger partial charge on any atom is 0.0488 e. The third-order valence-electron chi connectivity index (χ3n) is 2.90. The molecule has 1 aromatic heterocycles. The normalized spacial score (nSPS) is 12.3. The predicted octanol–water partition coefficient (Wildman–Crippen LogP) is 3.96. The molecule has 0 fully saturated rings. The number of para-hydroxylation sites is 1. The van der Waals surface area contributed by atoms with Gasteiger partial charge in [0, 0.05) is 22.6 Å². The van der Waals surface area contributed by atoms with Crippen molar-refractivity contribution < 1.29 is 0 Å². The van der Waals surface area contributed by atoms with Crippen LogP contribution in [0.4, 0.5) is 0 Å². The van der Waals surface area contributed by atoms with Crippen molar-refractivity contribution in [2.45, 2.75) is 39.7 Å². The topological polar surface area (TPSA) is 4.93 Å². The van der Waals surface area contributed by atoms with E-state index in [1.807, 2.05) is 0 Å². The molecular weight excluding hydrogens is 182 g/mol. The van der Waals surface area contributed by atoms with E-state index in [2.05, 4.69) is 62.7 Å². The molecule has 0 aliphatic carbocycles. The summed E-state index contributed by atoms with van der Waals surface area (Å²) in [6.45, 7) is 8.96. The molecule has 1 nitrogen and oxygen atoms in total. The van der Waals surface area contributed by atoms with E-state index >= 15 is 0 Å². The summed E-state index contributed by atoms with van der Waals surface area (Å²) < 4.78 is 2.38. The smallest absolute Gasteiger partial charge is 0.0488 e. The molecule has 0 N–H and O–H groups in total. The molecule has 0 radical (unpaired) electrons. The van der Waals surface area contributed by atoms with Gasteiger partial charge in [-0.3, -0.25) is 0 Å². The molecule has 1 aromatic carbocycles. The largest absolute Gasteiger partial charge is 0.342 e. The summed E-state index contributed by atoms with van der Waals surface area (Å²) in [7, 11) is 0. The highest BCUT2D eigenvalue weighted by Gasteiger charge is 2.16. The van der Waals surface area contributed by atoms with Gasteiger partial charge < -0.3 is 4.57 Å². The van der Waals surface area contributed by atoms with Crippen molar-refractivity contribution >= 4 is 10.9 Å². The monoisotopic (exact) mass is 201 g/mol. The summed E-state index contributed by atoms with van der Waals surface area (Å²) in [6.07, 6.45) is 3.40. The second-order valence-electron chi connectivity index (χ2n) is 5.07. The first-order chi connectivity index (χ1) is 7.04. The number of hydrogen-bond acceptors (Lipinski definition) is 0. The molecule has 1 heterocycles. The van der Waals surface area contributed by atoms with E-state index in [4.69, 9.17) is 0 Å². The Hall–Kier alpha value is -1.24. The summed E-state index contributed by atoms with van der Waals surface area (Å²) in [5.41, 5.74) is 2.95. The highest BCUT2D eigenvalue weighted by atomic mass is 15.0. The van der Waals surface area contributed by atoms with Crippen LogP contribution in [0.5, 0.6) is 0 Å². The lowest BCUT2D eigenvalue weighted by Gasteiger charge is -2.22. The summed E-state index contributed by atoms with van der Waals surface area (Å²) in [4.78, 5) is 0. The third kappa shape index (κ3) is 1.67. The van der Waals surface area contributed by atoms with Crippen molar-refractivity contribution in [2.75, 3.05) is 0 Å². The van der Waals surface area contributed by atoms with E-state index in [1.165, 1.54) is 16.5 Å². The van der Waals surface area contributed by atoms with E-state index < -0.39 is 0 Å². The van der Waals surface area contributed by atoms with Crippen molar-refractivity contribution in [2.24, 2.45) is 0 Å². The van der Waals surface area contributed by atoms with Gasteiger partial charge in [-0.1, -0.05) is 25.1 Å². The van der Waals surface area contributed by atoms with Crippen molar-refractivity contribution in [1.82, 2.24) is 4.57 Å². The zero-order valence-corrected chi connectivity index (χ0v) is 10.0. The molecule has 0 aliphatic heterocycles. The van der Waals surface area contributed by atoms with Crippen LogP contribution in [0.1, 0.15) is 33.3 Å². The molecule has 1 heteroatoms. The fourth-order valence-corrected chi connectivity index (χ4v) is 2.09. The van der Waals surface area contributed by atoms with E-state index in [0.29, 0.717) is 0 Å². The molecule has 0 atom stereocenters. The number of nitrogens with zero attached hydrogens (tertiary/aromatic N) is 1. The SMILES string of the molecule is CCc1cn(C(C)(C)C)c2ccccc12. The van der Waals surface area contributed by atoms with Gasteiger partial charge in [-0.25, -0.2) is 0 Å². The molecule has 0 bridgehead atoms. The van der Waals surface area contributed by atoms with E-state index in [9.17, 15) is 0 Å². The summed E-state index contributed by atoms with van der Waals surface area (Å²) in [6, 6.07) is 8.66. The number of hydrogen-bond donors (Lipinski definition) is 0. The number of rotatable bonds is 1. The van der Waals surface area contributed by atoms with Crippen LogP contribution in [0.15, 0.2) is 30.5 Å². The van der Waals surface area contributed by atoms with Crippen LogP contribution in [-0.2, 0) is 12.0 Å². The van der Waals surface area contributed by atoms with E-state index in [1.54, 1.807) is 0 Å². The lowest BCUT2D eigenvalue weighted by molar-refractivity contribution is 0.410. The van der Waals surface area contributed by atoms with Gasteiger partial charge in [0.25, 0.3) is 0 Å². The number of benzene rings is 1. The van der Waals surface area contributed by atoms with Crippen LogP contribution in [0.25, 0.3) is 10.9 Å². The van der Waals surface area contributed by atoms with Gasteiger partial charge >= 0.3 is 0 Å². The van der Waals surface area contributed by atoms with Crippen molar-refractivity contribution in [3.8, 4) is 0 Å². The molecule has 0 saturated heterocycles. The van der Waals surface area contributed by atoms with Crippen LogP contribution in [0.3, 0.4) is 0 Å². The quantitative estimate of drug-likeness (QED) is 0.658. The van der Waals surface area contributed by atoms with E-state index in [-0.39, 0.29) is 5.54 Å². The Morgan fingerprint density at radius 2 is 1.80 bits per heavy atom. The van der Waals surface area contributed by atoms with E-state index in [0.717, 1.165) is 6.42 Å². The Morgan fingerprint density at radius 1 is 1.13 bits per heavy atom. The van der Waals surface area contributed by atoms with Gasteiger partial charge in [-0.15, -0.1) is 0 Å². The molecule has 0 saturated carbocycles. The minimum atomic E-state index is 0.160. The summed E-state index contributed by atoms with van der Waals surface area (Å²) in [5.74, 6) is 0. The molecule has 15 heavy (non-hydrogen) atoms. The van der Waals surface area contributed by atoms with Crippen LogP contribution >= 0.6 is 0 Å². The minimum Gasteiger partial charge on any atom is -0.342 e. The standard InChI is InChI=1S/C14H19N/c1-5-11-10-15(14(2,3)4)13-9-7-6-8-12(11)13/h6-10H,5H2,1-4H3. The Bertz CT molecular complexity index is 472. The van der Waals surface area contributed by atoms with Crippen LogP contribution < -0.4 is 0 Å². The highest BCUT2D eigenvalue weighted by molar-refractivity contribution is 5.84. The molecule has 0 aliphatic rings. The fourth-order valence-electron chi connectivity index (χ4n) is 2.09. The minimum absolute atomic E-state index is 0.160. The molecule has 0 spiro atoms. The van der Waals surface area contributed by atoms with Crippen LogP contribution in [0, 0.1) is 0 Å². The first kappa shape index (κ1) is 10.3. The van der Waals surface area contributed by atoms with Gasteiger partial charge in [0.05, 0.1) is 0 Å². The van der Waals surface area contributed by atoms with Gasteiger partial charge in [0.1, 0.15) is 0 Å². The van der Waals surface area contributed by atoms with Crippen molar-refractivity contribution in [3.05, 3.63) is 36.0 Å². The van der Waals surface area contributed by atoms with Gasteiger partial charge in [-0.2, -0.15) is 0 Å². The predicted molar refractivity (Wildman–Crippen MR) is 66.3 cm³/mol. The molecule has 0 amide bonds. The lowest BCUT2D eigenvalue weighted by Crippen LogP contribution is -2.20. The maximum atomic E-state index is 2.38. The summed E-state index contributed by atoms with van der Waals surface area (Å²) in [5, 5.41) is 1.40.